The summed E-state index contributed by atoms with van der Waals surface area (Å²) in [6.45, 7) is 1.67. The number of hydrogen-bond donors (Lipinski definition) is 0. The lowest BCUT2D eigenvalue weighted by molar-refractivity contribution is -0.142. The van der Waals surface area contributed by atoms with Crippen LogP contribution in [-0.2, 0) is 19.4 Å². The molecule has 0 bridgehead atoms. The van der Waals surface area contributed by atoms with E-state index in [1.165, 1.54) is 18.2 Å². The van der Waals surface area contributed by atoms with Gasteiger partial charge in [-0.1, -0.05) is 54.6 Å². The number of fused-ring (bicyclic) bond motifs is 1. The highest BCUT2D eigenvalue weighted by atomic mass is 32.2. The fourth-order valence-electron chi connectivity index (χ4n) is 2.90. The summed E-state index contributed by atoms with van der Waals surface area (Å²) in [5, 5.41) is -1.10. The molecule has 0 aliphatic heterocycles. The van der Waals surface area contributed by atoms with Gasteiger partial charge in [0.05, 0.1) is 11.5 Å². The minimum atomic E-state index is -4.16. The van der Waals surface area contributed by atoms with E-state index in [1.807, 2.05) is 0 Å². The molecule has 26 heavy (non-hydrogen) atoms. The molecule has 4 nitrogen and oxygen atoms in total. The second-order valence-electron chi connectivity index (χ2n) is 5.68. The first kappa shape index (κ1) is 18.1. The van der Waals surface area contributed by atoms with Crippen molar-refractivity contribution in [2.45, 2.75) is 17.1 Å². The van der Waals surface area contributed by atoms with Crippen molar-refractivity contribution in [3.05, 3.63) is 78.1 Å². The van der Waals surface area contributed by atoms with Gasteiger partial charge < -0.3 is 4.74 Å². The lowest BCUT2D eigenvalue weighted by Gasteiger charge is -2.18. The van der Waals surface area contributed by atoms with Crippen LogP contribution in [0.4, 0.5) is 4.39 Å². The number of carbonyl (C=O) groups excluding carboxylic acids is 1. The van der Waals surface area contributed by atoms with Crippen LogP contribution < -0.4 is 0 Å². The van der Waals surface area contributed by atoms with Crippen molar-refractivity contribution in [2.24, 2.45) is 0 Å². The second kappa shape index (κ2) is 7.25. The van der Waals surface area contributed by atoms with Gasteiger partial charge in [0.1, 0.15) is 5.82 Å². The number of sulfone groups is 1. The van der Waals surface area contributed by atoms with E-state index in [4.69, 9.17) is 4.74 Å². The van der Waals surface area contributed by atoms with E-state index >= 15 is 0 Å². The van der Waals surface area contributed by atoms with Crippen molar-refractivity contribution in [2.75, 3.05) is 6.61 Å². The van der Waals surface area contributed by atoms with Crippen LogP contribution in [0.25, 0.3) is 10.8 Å². The standard InChI is InChI=1S/C20H17FO4S/c1-2-25-20(22)19(14-8-4-3-5-9-14)26(23,24)18-13-12-17(21)15-10-6-7-11-16(15)18/h3-13,19H,2H2,1H3. The van der Waals surface area contributed by atoms with E-state index in [1.54, 1.807) is 49.4 Å². The van der Waals surface area contributed by atoms with Crippen LogP contribution in [0.1, 0.15) is 17.7 Å². The van der Waals surface area contributed by atoms with Crippen LogP contribution in [0.2, 0.25) is 0 Å². The summed E-state index contributed by atoms with van der Waals surface area (Å²) < 4.78 is 45.8. The third-order valence-electron chi connectivity index (χ3n) is 4.05. The van der Waals surface area contributed by atoms with E-state index in [9.17, 15) is 17.6 Å². The number of esters is 1. The van der Waals surface area contributed by atoms with Gasteiger partial charge in [-0.25, -0.2) is 12.8 Å². The summed E-state index contributed by atoms with van der Waals surface area (Å²) in [5.41, 5.74) is 0.305. The molecule has 1 unspecified atom stereocenters. The quantitative estimate of drug-likeness (QED) is 0.501. The summed E-state index contributed by atoms with van der Waals surface area (Å²) in [5.74, 6) is -1.38. The van der Waals surface area contributed by atoms with Crippen molar-refractivity contribution >= 4 is 26.6 Å². The molecule has 0 fully saturated rings. The van der Waals surface area contributed by atoms with Crippen LogP contribution in [0.15, 0.2) is 71.6 Å². The Hall–Kier alpha value is -2.73. The number of carbonyl (C=O) groups is 1. The van der Waals surface area contributed by atoms with Crippen molar-refractivity contribution in [1.29, 1.82) is 0 Å². The molecule has 3 rings (SSSR count). The van der Waals surface area contributed by atoms with Gasteiger partial charge in [-0.3, -0.25) is 4.79 Å². The van der Waals surface area contributed by atoms with E-state index in [0.717, 1.165) is 6.07 Å². The largest absolute Gasteiger partial charge is 0.465 e. The first-order valence-corrected chi connectivity index (χ1v) is 9.64. The predicted octanol–water partition coefficient (Wildman–Crippen LogP) is 4.06. The third-order valence-corrected chi connectivity index (χ3v) is 6.10. The summed E-state index contributed by atoms with van der Waals surface area (Å²) in [6.07, 6.45) is 0. The van der Waals surface area contributed by atoms with Crippen molar-refractivity contribution in [3.8, 4) is 0 Å². The van der Waals surface area contributed by atoms with Gasteiger partial charge in [0.2, 0.25) is 0 Å². The first-order chi connectivity index (χ1) is 12.5. The minimum Gasteiger partial charge on any atom is -0.465 e. The SMILES string of the molecule is CCOC(=O)C(c1ccccc1)S(=O)(=O)c1ccc(F)c2ccccc12. The lowest BCUT2D eigenvalue weighted by Crippen LogP contribution is -2.25. The average molecular weight is 372 g/mol. The molecule has 0 aromatic heterocycles. The van der Waals surface area contributed by atoms with Crippen molar-refractivity contribution in [3.63, 3.8) is 0 Å². The topological polar surface area (TPSA) is 60.4 Å². The Bertz CT molecular complexity index is 1050. The molecule has 3 aromatic rings. The van der Waals surface area contributed by atoms with Crippen molar-refractivity contribution < 1.29 is 22.3 Å². The predicted molar refractivity (Wildman–Crippen MR) is 96.9 cm³/mol. The Balaban J connectivity index is 2.24. The Kier molecular flexibility index (Phi) is 5.04. The molecule has 0 saturated heterocycles. The average Bonchev–Trinajstić information content (AvgIpc) is 2.63. The fraction of sp³-hybridized carbons (Fsp3) is 0.150. The molecular formula is C20H17FO4S. The molecular weight excluding hydrogens is 355 g/mol. The second-order valence-corrected chi connectivity index (χ2v) is 7.68. The molecule has 0 heterocycles. The van der Waals surface area contributed by atoms with Gasteiger partial charge in [0.15, 0.2) is 15.1 Å². The molecule has 0 aliphatic carbocycles. The molecule has 0 amide bonds. The van der Waals surface area contributed by atoms with Gasteiger partial charge >= 0.3 is 5.97 Å². The summed E-state index contributed by atoms with van der Waals surface area (Å²) in [7, 11) is -4.16. The smallest absolute Gasteiger partial charge is 0.329 e. The zero-order valence-corrected chi connectivity index (χ0v) is 14.9. The molecule has 1 atom stereocenters. The van der Waals surface area contributed by atoms with Gasteiger partial charge in [0.25, 0.3) is 0 Å². The molecule has 0 spiro atoms. The first-order valence-electron chi connectivity index (χ1n) is 8.09. The summed E-state index contributed by atoms with van der Waals surface area (Å²) >= 11 is 0. The highest BCUT2D eigenvalue weighted by Gasteiger charge is 2.37. The van der Waals surface area contributed by atoms with E-state index in [2.05, 4.69) is 0 Å². The maximum absolute atomic E-state index is 14.1. The Labute approximate surface area is 151 Å². The van der Waals surface area contributed by atoms with E-state index < -0.39 is 26.9 Å². The van der Waals surface area contributed by atoms with Crippen LogP contribution in [0.3, 0.4) is 0 Å². The third kappa shape index (κ3) is 3.20. The molecule has 0 radical (unpaired) electrons. The number of benzene rings is 3. The van der Waals surface area contributed by atoms with E-state index in [-0.39, 0.29) is 22.3 Å². The van der Waals surface area contributed by atoms with Crippen LogP contribution >= 0.6 is 0 Å². The monoisotopic (exact) mass is 372 g/mol. The summed E-state index contributed by atoms with van der Waals surface area (Å²) in [4.78, 5) is 12.4. The Morgan fingerprint density at radius 3 is 2.23 bits per heavy atom. The summed E-state index contributed by atoms with van der Waals surface area (Å²) in [6, 6.07) is 16.7. The number of halogens is 1. The fourth-order valence-corrected chi connectivity index (χ4v) is 4.73. The molecule has 6 heteroatoms. The molecule has 0 saturated carbocycles. The number of ether oxygens (including phenoxy) is 1. The minimum absolute atomic E-state index is 0.0574. The zero-order valence-electron chi connectivity index (χ0n) is 14.1. The van der Waals surface area contributed by atoms with Gasteiger partial charge in [-0.2, -0.15) is 0 Å². The zero-order chi connectivity index (χ0) is 18.7. The molecule has 0 N–H and O–H groups in total. The highest BCUT2D eigenvalue weighted by Crippen LogP contribution is 2.35. The van der Waals surface area contributed by atoms with Crippen molar-refractivity contribution in [1.82, 2.24) is 0 Å². The van der Waals surface area contributed by atoms with E-state index in [0.29, 0.717) is 5.56 Å². The van der Waals surface area contributed by atoms with Gasteiger partial charge in [-0.05, 0) is 24.6 Å². The number of hydrogen-bond acceptors (Lipinski definition) is 4. The Morgan fingerprint density at radius 1 is 0.962 bits per heavy atom. The normalized spacial score (nSPS) is 12.7. The maximum Gasteiger partial charge on any atom is 0.329 e. The van der Waals surface area contributed by atoms with Crippen LogP contribution in [-0.4, -0.2) is 21.0 Å². The van der Waals surface area contributed by atoms with Gasteiger partial charge in [-0.15, -0.1) is 0 Å². The van der Waals surface area contributed by atoms with Crippen LogP contribution in [0, 0.1) is 5.82 Å². The highest BCUT2D eigenvalue weighted by molar-refractivity contribution is 7.92. The maximum atomic E-state index is 14.1. The molecule has 134 valence electrons. The van der Waals surface area contributed by atoms with Crippen LogP contribution in [0.5, 0.6) is 0 Å². The molecule has 3 aromatic carbocycles. The van der Waals surface area contributed by atoms with Gasteiger partial charge in [0, 0.05) is 10.8 Å². The Morgan fingerprint density at radius 2 is 1.58 bits per heavy atom. The number of rotatable bonds is 5. The lowest BCUT2D eigenvalue weighted by atomic mass is 10.1. The molecule has 0 aliphatic rings.